The summed E-state index contributed by atoms with van der Waals surface area (Å²) in [5, 5.41) is 0. The fraction of sp³-hybridized carbons (Fsp3) is 0.333. The molecule has 1 saturated carbocycles. The normalized spacial score (nSPS) is 14.4. The van der Waals surface area contributed by atoms with E-state index >= 15 is 0 Å². The molecule has 2 heterocycles. The predicted molar refractivity (Wildman–Crippen MR) is 71.4 cm³/mol. The van der Waals surface area contributed by atoms with Gasteiger partial charge in [-0.2, -0.15) is 0 Å². The number of carbonyl (C=O) groups excluding carboxylic acids is 1. The van der Waals surface area contributed by atoms with Gasteiger partial charge < -0.3 is 9.30 Å². The van der Waals surface area contributed by atoms with Gasteiger partial charge in [0.05, 0.1) is 19.3 Å². The van der Waals surface area contributed by atoms with Crippen LogP contribution >= 0.6 is 0 Å². The van der Waals surface area contributed by atoms with Crippen molar-refractivity contribution < 1.29 is 9.53 Å². The Kier molecular flexibility index (Phi) is 3.07. The number of hydrogen-bond donors (Lipinski definition) is 0. The van der Waals surface area contributed by atoms with Crippen molar-refractivity contribution in [3.8, 4) is 5.88 Å². The van der Waals surface area contributed by atoms with Crippen molar-refractivity contribution in [3.63, 3.8) is 0 Å². The van der Waals surface area contributed by atoms with E-state index in [2.05, 4.69) is 4.98 Å². The zero-order chi connectivity index (χ0) is 13.2. The molecule has 0 spiro atoms. The van der Waals surface area contributed by atoms with Gasteiger partial charge in [0.2, 0.25) is 5.88 Å². The highest BCUT2D eigenvalue weighted by molar-refractivity contribution is 5.99. The van der Waals surface area contributed by atoms with Gasteiger partial charge in [0.25, 0.3) is 0 Å². The molecule has 0 unspecified atom stereocenters. The molecule has 1 aliphatic rings. The molecule has 19 heavy (non-hydrogen) atoms. The van der Waals surface area contributed by atoms with Crippen LogP contribution in [0.4, 0.5) is 0 Å². The molecule has 0 bridgehead atoms. The fourth-order valence-corrected chi connectivity index (χ4v) is 2.11. The highest BCUT2D eigenvalue weighted by Gasteiger charge is 2.30. The average molecular weight is 256 g/mol. The predicted octanol–water partition coefficient (Wildman–Crippen LogP) is 2.53. The maximum atomic E-state index is 11.9. The summed E-state index contributed by atoms with van der Waals surface area (Å²) < 4.78 is 7.08. The van der Waals surface area contributed by atoms with Crippen LogP contribution in [0.5, 0.6) is 5.88 Å². The van der Waals surface area contributed by atoms with Crippen molar-refractivity contribution in [2.45, 2.75) is 19.4 Å². The van der Waals surface area contributed by atoms with Crippen molar-refractivity contribution >= 4 is 5.78 Å². The Labute approximate surface area is 112 Å². The lowest BCUT2D eigenvalue weighted by Gasteiger charge is -2.04. The second-order valence-corrected chi connectivity index (χ2v) is 4.88. The number of rotatable bonds is 5. The van der Waals surface area contributed by atoms with Crippen molar-refractivity contribution in [2.24, 2.45) is 5.92 Å². The molecule has 0 radical (unpaired) electrons. The van der Waals surface area contributed by atoms with E-state index in [4.69, 9.17) is 4.74 Å². The summed E-state index contributed by atoms with van der Waals surface area (Å²) in [6, 6.07) is 7.58. The van der Waals surface area contributed by atoms with E-state index in [1.165, 1.54) is 0 Å². The number of aromatic nitrogens is 2. The summed E-state index contributed by atoms with van der Waals surface area (Å²) in [7, 11) is 1.61. The largest absolute Gasteiger partial charge is 0.481 e. The summed E-state index contributed by atoms with van der Waals surface area (Å²) in [6.07, 6.45) is 5.92. The third-order valence-electron chi connectivity index (χ3n) is 3.32. The van der Waals surface area contributed by atoms with E-state index in [0.717, 1.165) is 24.1 Å². The van der Waals surface area contributed by atoms with E-state index in [0.29, 0.717) is 12.4 Å². The first kappa shape index (κ1) is 12.0. The lowest BCUT2D eigenvalue weighted by Crippen LogP contribution is -2.02. The first-order valence-electron chi connectivity index (χ1n) is 6.46. The molecule has 2 aromatic heterocycles. The molecule has 4 heteroatoms. The summed E-state index contributed by atoms with van der Waals surface area (Å²) in [5.74, 6) is 1.15. The quantitative estimate of drug-likeness (QED) is 0.772. The Morgan fingerprint density at radius 2 is 2.26 bits per heavy atom. The minimum Gasteiger partial charge on any atom is -0.481 e. The van der Waals surface area contributed by atoms with Gasteiger partial charge in [-0.15, -0.1) is 0 Å². The number of ketones is 1. The molecule has 0 aromatic carbocycles. The third kappa shape index (κ3) is 2.67. The molecule has 0 atom stereocenters. The van der Waals surface area contributed by atoms with Gasteiger partial charge in [-0.3, -0.25) is 4.79 Å². The van der Waals surface area contributed by atoms with Crippen LogP contribution in [0.1, 0.15) is 28.9 Å². The Morgan fingerprint density at radius 1 is 1.42 bits per heavy atom. The number of Topliss-reactive ketones (excluding diaryl/α,β-unsaturated/α-hetero) is 1. The van der Waals surface area contributed by atoms with Crippen LogP contribution < -0.4 is 4.74 Å². The molecular formula is C15H16N2O2. The van der Waals surface area contributed by atoms with Crippen LogP contribution in [0.25, 0.3) is 0 Å². The topological polar surface area (TPSA) is 44.1 Å². The Balaban J connectivity index is 1.73. The first-order chi connectivity index (χ1) is 9.26. The van der Waals surface area contributed by atoms with Crippen LogP contribution in [0.2, 0.25) is 0 Å². The lowest BCUT2D eigenvalue weighted by atomic mass is 10.1. The second-order valence-electron chi connectivity index (χ2n) is 4.88. The number of methoxy groups -OCH3 is 1. The Hall–Kier alpha value is -2.10. The Bertz CT molecular complexity index is 600. The van der Waals surface area contributed by atoms with Crippen molar-refractivity contribution in [3.05, 3.63) is 47.9 Å². The van der Waals surface area contributed by atoms with Crippen molar-refractivity contribution in [1.29, 1.82) is 0 Å². The standard InChI is InChI=1S/C15H16N2O2/c1-19-14-4-2-3-13(16-14)10-17-8-7-12(9-17)15(18)11-5-6-11/h2-4,7-9,11H,5-6,10H2,1H3. The zero-order valence-electron chi connectivity index (χ0n) is 10.9. The molecule has 3 rings (SSSR count). The van der Waals surface area contributed by atoms with E-state index in [1.807, 2.05) is 41.2 Å². The summed E-state index contributed by atoms with van der Waals surface area (Å²) in [6.45, 7) is 0.648. The van der Waals surface area contributed by atoms with Gasteiger partial charge in [0.15, 0.2) is 5.78 Å². The van der Waals surface area contributed by atoms with Crippen LogP contribution in [0.15, 0.2) is 36.7 Å². The highest BCUT2D eigenvalue weighted by atomic mass is 16.5. The van der Waals surface area contributed by atoms with Gasteiger partial charge in [-0.1, -0.05) is 6.07 Å². The van der Waals surface area contributed by atoms with Crippen LogP contribution in [-0.4, -0.2) is 22.4 Å². The molecule has 1 fully saturated rings. The third-order valence-corrected chi connectivity index (χ3v) is 3.32. The van der Waals surface area contributed by atoms with Gasteiger partial charge >= 0.3 is 0 Å². The summed E-state index contributed by atoms with van der Waals surface area (Å²) in [5.41, 5.74) is 1.73. The fourth-order valence-electron chi connectivity index (χ4n) is 2.11. The van der Waals surface area contributed by atoms with E-state index < -0.39 is 0 Å². The van der Waals surface area contributed by atoms with E-state index in [1.54, 1.807) is 7.11 Å². The molecule has 4 nitrogen and oxygen atoms in total. The Morgan fingerprint density at radius 3 is 3.00 bits per heavy atom. The first-order valence-corrected chi connectivity index (χ1v) is 6.46. The monoisotopic (exact) mass is 256 g/mol. The zero-order valence-corrected chi connectivity index (χ0v) is 10.9. The number of ether oxygens (including phenoxy) is 1. The average Bonchev–Trinajstić information content (AvgIpc) is 3.19. The van der Waals surface area contributed by atoms with Crippen molar-refractivity contribution in [1.82, 2.24) is 9.55 Å². The van der Waals surface area contributed by atoms with E-state index in [9.17, 15) is 4.79 Å². The number of hydrogen-bond acceptors (Lipinski definition) is 3. The minimum atomic E-state index is 0.269. The summed E-state index contributed by atoms with van der Waals surface area (Å²) >= 11 is 0. The maximum absolute atomic E-state index is 11.9. The van der Waals surface area contributed by atoms with Crippen LogP contribution in [0, 0.1) is 5.92 Å². The minimum absolute atomic E-state index is 0.269. The van der Waals surface area contributed by atoms with E-state index in [-0.39, 0.29) is 11.7 Å². The molecule has 0 aliphatic heterocycles. The van der Waals surface area contributed by atoms with Crippen LogP contribution in [0.3, 0.4) is 0 Å². The number of carbonyl (C=O) groups is 1. The van der Waals surface area contributed by atoms with Gasteiger partial charge in [0.1, 0.15) is 0 Å². The SMILES string of the molecule is COc1cccc(Cn2ccc(C(=O)C3CC3)c2)n1. The molecule has 98 valence electrons. The molecular weight excluding hydrogens is 240 g/mol. The smallest absolute Gasteiger partial charge is 0.213 e. The molecule has 0 amide bonds. The number of nitrogens with zero attached hydrogens (tertiary/aromatic N) is 2. The van der Waals surface area contributed by atoms with Gasteiger partial charge in [0, 0.05) is 29.9 Å². The van der Waals surface area contributed by atoms with Crippen molar-refractivity contribution in [2.75, 3.05) is 7.11 Å². The van der Waals surface area contributed by atoms with Gasteiger partial charge in [-0.25, -0.2) is 4.98 Å². The molecule has 2 aromatic rings. The maximum Gasteiger partial charge on any atom is 0.213 e. The molecule has 0 N–H and O–H groups in total. The van der Waals surface area contributed by atoms with Gasteiger partial charge in [-0.05, 0) is 25.0 Å². The van der Waals surface area contributed by atoms with Crippen LogP contribution in [-0.2, 0) is 6.54 Å². The number of pyridine rings is 1. The highest BCUT2D eigenvalue weighted by Crippen LogP contribution is 2.32. The molecule has 0 saturated heterocycles. The molecule has 1 aliphatic carbocycles. The lowest BCUT2D eigenvalue weighted by molar-refractivity contribution is 0.0967. The second kappa shape index (κ2) is 4.88. The summed E-state index contributed by atoms with van der Waals surface area (Å²) in [4.78, 5) is 16.3.